The van der Waals surface area contributed by atoms with Gasteiger partial charge in [-0.1, -0.05) is 42.5 Å². The highest BCUT2D eigenvalue weighted by atomic mass is 35.5. The lowest BCUT2D eigenvalue weighted by atomic mass is 10.1. The Balaban J connectivity index is 0.00000220. The fourth-order valence-corrected chi connectivity index (χ4v) is 2.19. The van der Waals surface area contributed by atoms with Crippen molar-refractivity contribution in [2.45, 2.75) is 32.2 Å². The largest absolute Gasteiger partial charge is 0.356 e. The van der Waals surface area contributed by atoms with E-state index in [0.29, 0.717) is 13.0 Å². The van der Waals surface area contributed by atoms with E-state index >= 15 is 0 Å². The standard InChI is InChI=1S/C17H22N2O.ClH/c1-13(18)6-9-17(20)19-11-10-14-7-8-15-4-2-3-5-16(15)12-14;/h2-5,7-8,12-13H,6,9-11,18H2,1H3,(H,19,20);1H. The summed E-state index contributed by atoms with van der Waals surface area (Å²) in [5, 5.41) is 5.43. The highest BCUT2D eigenvalue weighted by molar-refractivity contribution is 5.85. The summed E-state index contributed by atoms with van der Waals surface area (Å²) in [5.41, 5.74) is 6.88. The molecule has 114 valence electrons. The molecule has 4 heteroatoms. The molecular weight excluding hydrogens is 284 g/mol. The second-order valence-corrected chi connectivity index (χ2v) is 5.30. The number of benzene rings is 2. The second-order valence-electron chi connectivity index (χ2n) is 5.30. The Morgan fingerprint density at radius 1 is 1.19 bits per heavy atom. The van der Waals surface area contributed by atoms with Crippen LogP contribution in [0.5, 0.6) is 0 Å². The van der Waals surface area contributed by atoms with Crippen LogP contribution in [-0.2, 0) is 11.2 Å². The van der Waals surface area contributed by atoms with Crippen LogP contribution in [0.3, 0.4) is 0 Å². The molecule has 2 aromatic rings. The molecule has 0 spiro atoms. The Bertz CT molecular complexity index is 584. The van der Waals surface area contributed by atoms with Crippen molar-refractivity contribution in [1.82, 2.24) is 5.32 Å². The van der Waals surface area contributed by atoms with E-state index in [9.17, 15) is 4.79 Å². The summed E-state index contributed by atoms with van der Waals surface area (Å²) in [6.45, 7) is 2.60. The lowest BCUT2D eigenvalue weighted by molar-refractivity contribution is -0.121. The van der Waals surface area contributed by atoms with Crippen LogP contribution >= 0.6 is 12.4 Å². The summed E-state index contributed by atoms with van der Waals surface area (Å²) in [6.07, 6.45) is 2.10. The number of fused-ring (bicyclic) bond motifs is 1. The van der Waals surface area contributed by atoms with Gasteiger partial charge in [-0.2, -0.15) is 0 Å². The number of hydrogen-bond donors (Lipinski definition) is 2. The SMILES string of the molecule is CC(N)CCC(=O)NCCc1ccc2ccccc2c1.Cl. The Labute approximate surface area is 132 Å². The van der Waals surface area contributed by atoms with Crippen LogP contribution in [0.25, 0.3) is 10.8 Å². The molecular formula is C17H23ClN2O. The topological polar surface area (TPSA) is 55.1 Å². The fourth-order valence-electron chi connectivity index (χ4n) is 2.19. The number of nitrogens with two attached hydrogens (primary N) is 1. The average molecular weight is 307 g/mol. The Morgan fingerprint density at radius 3 is 2.62 bits per heavy atom. The third kappa shape index (κ3) is 5.74. The van der Waals surface area contributed by atoms with E-state index < -0.39 is 0 Å². The molecule has 1 unspecified atom stereocenters. The zero-order valence-electron chi connectivity index (χ0n) is 12.3. The summed E-state index contributed by atoms with van der Waals surface area (Å²) in [5.74, 6) is 0.0862. The van der Waals surface area contributed by atoms with E-state index in [-0.39, 0.29) is 24.4 Å². The first-order valence-corrected chi connectivity index (χ1v) is 7.15. The van der Waals surface area contributed by atoms with Crippen molar-refractivity contribution in [1.29, 1.82) is 0 Å². The minimum absolute atomic E-state index is 0. The molecule has 21 heavy (non-hydrogen) atoms. The average Bonchev–Trinajstić information content (AvgIpc) is 2.45. The van der Waals surface area contributed by atoms with Gasteiger partial charge in [0.05, 0.1) is 0 Å². The maximum Gasteiger partial charge on any atom is 0.220 e. The van der Waals surface area contributed by atoms with E-state index in [1.165, 1.54) is 16.3 Å². The highest BCUT2D eigenvalue weighted by Crippen LogP contribution is 2.15. The van der Waals surface area contributed by atoms with E-state index in [0.717, 1.165) is 12.8 Å². The molecule has 1 atom stereocenters. The lowest BCUT2D eigenvalue weighted by Crippen LogP contribution is -2.27. The summed E-state index contributed by atoms with van der Waals surface area (Å²) in [6, 6.07) is 14.8. The molecule has 2 rings (SSSR count). The van der Waals surface area contributed by atoms with Crippen LogP contribution in [0, 0.1) is 0 Å². The third-order valence-corrected chi connectivity index (χ3v) is 3.38. The molecule has 0 saturated heterocycles. The van der Waals surface area contributed by atoms with E-state index in [4.69, 9.17) is 5.73 Å². The molecule has 0 saturated carbocycles. The van der Waals surface area contributed by atoms with E-state index in [2.05, 4.69) is 35.6 Å². The molecule has 1 amide bonds. The molecule has 3 nitrogen and oxygen atoms in total. The number of halogens is 1. The van der Waals surface area contributed by atoms with Gasteiger partial charge in [-0.05, 0) is 36.1 Å². The molecule has 0 bridgehead atoms. The lowest BCUT2D eigenvalue weighted by Gasteiger charge is -2.07. The van der Waals surface area contributed by atoms with Crippen molar-refractivity contribution >= 4 is 29.1 Å². The van der Waals surface area contributed by atoms with Crippen molar-refractivity contribution < 1.29 is 4.79 Å². The number of rotatable bonds is 6. The van der Waals surface area contributed by atoms with Crippen LogP contribution in [0.1, 0.15) is 25.3 Å². The molecule has 0 aliphatic rings. The van der Waals surface area contributed by atoms with Crippen molar-refractivity contribution in [3.05, 3.63) is 48.0 Å². The van der Waals surface area contributed by atoms with Crippen molar-refractivity contribution in [3.8, 4) is 0 Å². The van der Waals surface area contributed by atoms with Gasteiger partial charge in [0.1, 0.15) is 0 Å². The smallest absolute Gasteiger partial charge is 0.220 e. The van der Waals surface area contributed by atoms with Gasteiger partial charge in [-0.25, -0.2) is 0 Å². The summed E-state index contributed by atoms with van der Waals surface area (Å²) in [4.78, 5) is 11.6. The van der Waals surface area contributed by atoms with E-state index in [1.807, 2.05) is 19.1 Å². The normalized spacial score (nSPS) is 11.7. The summed E-state index contributed by atoms with van der Waals surface area (Å²) in [7, 11) is 0. The first kappa shape index (κ1) is 17.5. The number of hydrogen-bond acceptors (Lipinski definition) is 2. The predicted octanol–water partition coefficient (Wildman–Crippen LogP) is 3.05. The number of carbonyl (C=O) groups excluding carboxylic acids is 1. The zero-order chi connectivity index (χ0) is 14.4. The minimum Gasteiger partial charge on any atom is -0.356 e. The molecule has 0 fully saturated rings. The van der Waals surface area contributed by atoms with Gasteiger partial charge in [0.25, 0.3) is 0 Å². The van der Waals surface area contributed by atoms with Crippen molar-refractivity contribution in [3.63, 3.8) is 0 Å². The molecule has 3 N–H and O–H groups in total. The maximum absolute atomic E-state index is 11.6. The van der Waals surface area contributed by atoms with Gasteiger partial charge in [0.2, 0.25) is 5.91 Å². The molecule has 0 radical (unpaired) electrons. The first-order chi connectivity index (χ1) is 9.65. The Hall–Kier alpha value is -1.58. The molecule has 0 aliphatic heterocycles. The van der Waals surface area contributed by atoms with Gasteiger partial charge in [0.15, 0.2) is 0 Å². The Kier molecular flexibility index (Phi) is 7.20. The quantitative estimate of drug-likeness (QED) is 0.862. The van der Waals surface area contributed by atoms with Crippen molar-refractivity contribution in [2.24, 2.45) is 5.73 Å². The van der Waals surface area contributed by atoms with Crippen LogP contribution in [0.2, 0.25) is 0 Å². The van der Waals surface area contributed by atoms with Crippen LogP contribution in [0.15, 0.2) is 42.5 Å². The van der Waals surface area contributed by atoms with Gasteiger partial charge in [-0.15, -0.1) is 12.4 Å². The van der Waals surface area contributed by atoms with Crippen LogP contribution in [-0.4, -0.2) is 18.5 Å². The Morgan fingerprint density at radius 2 is 1.90 bits per heavy atom. The summed E-state index contributed by atoms with van der Waals surface area (Å²) >= 11 is 0. The predicted molar refractivity (Wildman–Crippen MR) is 90.8 cm³/mol. The molecule has 2 aromatic carbocycles. The van der Waals surface area contributed by atoms with Gasteiger partial charge in [0, 0.05) is 19.0 Å². The fraction of sp³-hybridized carbons (Fsp3) is 0.353. The number of carbonyl (C=O) groups is 1. The van der Waals surface area contributed by atoms with Gasteiger partial charge < -0.3 is 11.1 Å². The van der Waals surface area contributed by atoms with Crippen molar-refractivity contribution in [2.75, 3.05) is 6.54 Å². The zero-order valence-corrected chi connectivity index (χ0v) is 13.2. The minimum atomic E-state index is 0. The van der Waals surface area contributed by atoms with Crippen LogP contribution in [0.4, 0.5) is 0 Å². The monoisotopic (exact) mass is 306 g/mol. The molecule has 0 aromatic heterocycles. The van der Waals surface area contributed by atoms with Crippen LogP contribution < -0.4 is 11.1 Å². The maximum atomic E-state index is 11.6. The highest BCUT2D eigenvalue weighted by Gasteiger charge is 2.03. The van der Waals surface area contributed by atoms with Gasteiger partial charge in [-0.3, -0.25) is 4.79 Å². The summed E-state index contributed by atoms with van der Waals surface area (Å²) < 4.78 is 0. The molecule has 0 aliphatic carbocycles. The molecule has 0 heterocycles. The second kappa shape index (κ2) is 8.65. The van der Waals surface area contributed by atoms with E-state index in [1.54, 1.807) is 0 Å². The third-order valence-electron chi connectivity index (χ3n) is 3.38. The van der Waals surface area contributed by atoms with Gasteiger partial charge >= 0.3 is 0 Å². The number of nitrogens with one attached hydrogen (secondary N) is 1. The number of amides is 1. The first-order valence-electron chi connectivity index (χ1n) is 7.15.